The molecule has 2 aromatic rings. The minimum Gasteiger partial charge on any atom is -0.378 e. The highest BCUT2D eigenvalue weighted by atomic mass is 19.4. The first-order valence-electron chi connectivity index (χ1n) is 10.7. The molecular weight excluding hydrogens is 409 g/mol. The number of nitrogens with zero attached hydrogens (tertiary/aromatic N) is 3. The quantitative estimate of drug-likeness (QED) is 0.806. The molecule has 5 rings (SSSR count). The molecule has 9 heteroatoms. The number of halogens is 3. The van der Waals surface area contributed by atoms with Crippen molar-refractivity contribution in [3.8, 4) is 0 Å². The number of nitrogens with one attached hydrogen (secondary N) is 1. The minimum absolute atomic E-state index is 0.125. The van der Waals surface area contributed by atoms with E-state index in [1.54, 1.807) is 17.0 Å². The average molecular weight is 434 g/mol. The Morgan fingerprint density at radius 1 is 1.13 bits per heavy atom. The number of piperidine rings is 1. The largest absolute Gasteiger partial charge is 0.416 e. The van der Waals surface area contributed by atoms with Gasteiger partial charge in [0.25, 0.3) is 5.91 Å². The van der Waals surface area contributed by atoms with Crippen molar-refractivity contribution in [2.45, 2.75) is 43.9 Å². The summed E-state index contributed by atoms with van der Waals surface area (Å²) in [5.74, 6) is -0.325. The highest BCUT2D eigenvalue weighted by Gasteiger charge is 2.37. The van der Waals surface area contributed by atoms with Gasteiger partial charge in [0.1, 0.15) is 0 Å². The maximum atomic E-state index is 13.4. The summed E-state index contributed by atoms with van der Waals surface area (Å²) in [7, 11) is 0. The Labute approximate surface area is 178 Å². The zero-order chi connectivity index (χ0) is 21.6. The molecule has 2 saturated heterocycles. The molecule has 1 amide bonds. The van der Waals surface area contributed by atoms with Crippen molar-refractivity contribution in [3.63, 3.8) is 0 Å². The number of ether oxygens (including phenoxy) is 1. The predicted molar refractivity (Wildman–Crippen MR) is 107 cm³/mol. The summed E-state index contributed by atoms with van der Waals surface area (Å²) in [6, 6.07) is 6.21. The highest BCUT2D eigenvalue weighted by Crippen LogP contribution is 2.39. The molecule has 0 radical (unpaired) electrons. The topological polar surface area (TPSA) is 61.5 Å². The van der Waals surface area contributed by atoms with E-state index < -0.39 is 11.7 Å². The van der Waals surface area contributed by atoms with Gasteiger partial charge in [-0.05, 0) is 36.8 Å². The Balaban J connectivity index is 1.25. The normalized spacial score (nSPS) is 21.1. The van der Waals surface area contributed by atoms with E-state index in [-0.39, 0.29) is 11.8 Å². The smallest absolute Gasteiger partial charge is 0.378 e. The summed E-state index contributed by atoms with van der Waals surface area (Å²) in [4.78, 5) is 17.2. The summed E-state index contributed by atoms with van der Waals surface area (Å²) in [5.41, 5.74) is 2.19. The van der Waals surface area contributed by atoms with E-state index in [2.05, 4.69) is 15.1 Å². The monoisotopic (exact) mass is 434 g/mol. The van der Waals surface area contributed by atoms with Crippen molar-refractivity contribution in [1.29, 1.82) is 0 Å². The van der Waals surface area contributed by atoms with Crippen molar-refractivity contribution in [2.75, 3.05) is 32.8 Å². The van der Waals surface area contributed by atoms with Crippen LogP contribution < -0.4 is 0 Å². The third-order valence-corrected chi connectivity index (χ3v) is 6.79. The molecule has 1 N–H and O–H groups in total. The van der Waals surface area contributed by atoms with Crippen LogP contribution in [0, 0.1) is 0 Å². The van der Waals surface area contributed by atoms with Gasteiger partial charge in [-0.1, -0.05) is 18.2 Å². The van der Waals surface area contributed by atoms with Crippen LogP contribution in [0.4, 0.5) is 13.2 Å². The van der Waals surface area contributed by atoms with Crippen molar-refractivity contribution in [2.24, 2.45) is 0 Å². The van der Waals surface area contributed by atoms with Crippen LogP contribution in [0.2, 0.25) is 0 Å². The SMILES string of the molecule is O=C(c1n[nH]c2c1CCN(C1COC1)C2)N1CCC(c2ccccc2C(F)(F)F)CC1. The molecule has 31 heavy (non-hydrogen) atoms. The van der Waals surface area contributed by atoms with E-state index in [0.29, 0.717) is 43.2 Å². The van der Waals surface area contributed by atoms with Crippen LogP contribution in [-0.2, 0) is 23.9 Å². The van der Waals surface area contributed by atoms with Crippen molar-refractivity contribution in [1.82, 2.24) is 20.0 Å². The fourth-order valence-corrected chi connectivity index (χ4v) is 4.92. The number of hydrogen-bond acceptors (Lipinski definition) is 4. The van der Waals surface area contributed by atoms with Gasteiger partial charge >= 0.3 is 6.18 Å². The lowest BCUT2D eigenvalue weighted by molar-refractivity contribution is -0.138. The predicted octanol–water partition coefficient (Wildman–Crippen LogP) is 3.21. The standard InChI is InChI=1S/C22H25F3N4O2/c23-22(24,25)18-4-2-1-3-16(18)14-5-8-28(9-6-14)21(30)20-17-7-10-29(15-12-31-13-15)11-19(17)26-27-20/h1-4,14-15H,5-13H2,(H,26,27). The fraction of sp³-hybridized carbons (Fsp3) is 0.545. The van der Waals surface area contributed by atoms with Gasteiger partial charge in [-0.2, -0.15) is 18.3 Å². The third kappa shape index (κ3) is 3.85. The summed E-state index contributed by atoms with van der Waals surface area (Å²) < 4.78 is 45.4. The first kappa shape index (κ1) is 20.5. The van der Waals surface area contributed by atoms with Crippen LogP contribution in [0.3, 0.4) is 0 Å². The van der Waals surface area contributed by atoms with Gasteiger partial charge in [0.2, 0.25) is 0 Å². The number of hydrogen-bond donors (Lipinski definition) is 1. The van der Waals surface area contributed by atoms with Crippen LogP contribution in [0.25, 0.3) is 0 Å². The number of benzene rings is 1. The molecule has 0 spiro atoms. The number of aromatic amines is 1. The highest BCUT2D eigenvalue weighted by molar-refractivity contribution is 5.94. The molecule has 166 valence electrons. The molecule has 0 bridgehead atoms. The van der Waals surface area contributed by atoms with E-state index >= 15 is 0 Å². The summed E-state index contributed by atoms with van der Waals surface area (Å²) in [6.07, 6.45) is -2.57. The molecule has 1 aromatic carbocycles. The summed E-state index contributed by atoms with van der Waals surface area (Å²) in [6.45, 7) is 3.98. The number of aromatic nitrogens is 2. The Morgan fingerprint density at radius 2 is 1.87 bits per heavy atom. The average Bonchev–Trinajstić information content (AvgIpc) is 3.15. The van der Waals surface area contributed by atoms with Gasteiger partial charge in [0, 0.05) is 31.7 Å². The van der Waals surface area contributed by atoms with Crippen LogP contribution in [-0.4, -0.2) is 64.8 Å². The fourth-order valence-electron chi connectivity index (χ4n) is 4.92. The van der Waals surface area contributed by atoms with E-state index in [9.17, 15) is 18.0 Å². The summed E-state index contributed by atoms with van der Waals surface area (Å²) in [5, 5.41) is 7.34. The number of H-pyrrole nitrogens is 1. The molecule has 0 unspecified atom stereocenters. The molecule has 4 heterocycles. The third-order valence-electron chi connectivity index (χ3n) is 6.79. The molecule has 3 aliphatic rings. The number of carbonyl (C=O) groups is 1. The number of fused-ring (bicyclic) bond motifs is 1. The Hall–Kier alpha value is -2.39. The van der Waals surface area contributed by atoms with Gasteiger partial charge in [0.05, 0.1) is 30.5 Å². The van der Waals surface area contributed by atoms with Crippen LogP contribution in [0.5, 0.6) is 0 Å². The lowest BCUT2D eigenvalue weighted by atomic mass is 9.86. The lowest BCUT2D eigenvalue weighted by Gasteiger charge is -2.39. The molecule has 0 saturated carbocycles. The Morgan fingerprint density at radius 3 is 2.55 bits per heavy atom. The molecule has 1 aromatic heterocycles. The van der Waals surface area contributed by atoms with E-state index in [1.807, 2.05) is 0 Å². The van der Waals surface area contributed by atoms with Gasteiger partial charge in [0.15, 0.2) is 5.69 Å². The van der Waals surface area contributed by atoms with Gasteiger partial charge < -0.3 is 9.64 Å². The number of carbonyl (C=O) groups excluding carboxylic acids is 1. The second-order valence-electron chi connectivity index (χ2n) is 8.59. The second-order valence-corrected chi connectivity index (χ2v) is 8.59. The second kappa shape index (κ2) is 7.94. The number of amides is 1. The molecular formula is C22H25F3N4O2. The molecule has 0 aliphatic carbocycles. The molecule has 6 nitrogen and oxygen atoms in total. The molecule has 3 aliphatic heterocycles. The minimum atomic E-state index is -4.36. The van der Waals surface area contributed by atoms with Crippen LogP contribution >= 0.6 is 0 Å². The van der Waals surface area contributed by atoms with Gasteiger partial charge in [-0.15, -0.1) is 0 Å². The van der Waals surface area contributed by atoms with Crippen molar-refractivity contribution < 1.29 is 22.7 Å². The Kier molecular flexibility index (Phi) is 5.26. The summed E-state index contributed by atoms with van der Waals surface area (Å²) >= 11 is 0. The first-order valence-corrected chi connectivity index (χ1v) is 10.7. The first-order chi connectivity index (χ1) is 14.9. The van der Waals surface area contributed by atoms with Gasteiger partial charge in [-0.3, -0.25) is 14.8 Å². The zero-order valence-corrected chi connectivity index (χ0v) is 17.1. The van der Waals surface area contributed by atoms with Crippen LogP contribution in [0.15, 0.2) is 24.3 Å². The number of rotatable bonds is 3. The molecule has 2 fully saturated rings. The zero-order valence-electron chi connectivity index (χ0n) is 17.1. The maximum absolute atomic E-state index is 13.4. The number of alkyl halides is 3. The number of likely N-dealkylation sites (tertiary alicyclic amines) is 1. The molecule has 0 atom stereocenters. The van der Waals surface area contributed by atoms with Gasteiger partial charge in [-0.25, -0.2) is 0 Å². The van der Waals surface area contributed by atoms with Crippen LogP contribution in [0.1, 0.15) is 51.6 Å². The van der Waals surface area contributed by atoms with E-state index in [0.717, 1.165) is 50.0 Å². The maximum Gasteiger partial charge on any atom is 0.416 e. The Bertz CT molecular complexity index is 962. The van der Waals surface area contributed by atoms with E-state index in [4.69, 9.17) is 4.74 Å². The lowest BCUT2D eigenvalue weighted by Crippen LogP contribution is -2.50. The van der Waals surface area contributed by atoms with E-state index in [1.165, 1.54) is 6.07 Å². The van der Waals surface area contributed by atoms with Crippen molar-refractivity contribution >= 4 is 5.91 Å². The van der Waals surface area contributed by atoms with Crippen molar-refractivity contribution in [3.05, 3.63) is 52.3 Å².